The molecule has 0 amide bonds. The maximum Gasteiger partial charge on any atom is 0.352 e. The van der Waals surface area contributed by atoms with Crippen LogP contribution < -0.4 is 0 Å². The fourth-order valence-electron chi connectivity index (χ4n) is 1.66. The molecule has 15 heavy (non-hydrogen) atoms. The van der Waals surface area contributed by atoms with E-state index in [1.54, 1.807) is 6.07 Å². The number of carboxylic acids is 1. The molecule has 5 heteroatoms. The molecular weight excluding hydrogens is 196 g/mol. The molecule has 2 rings (SSSR count). The number of nitrogens with zero attached hydrogens (tertiary/aromatic N) is 1. The first-order chi connectivity index (χ1) is 7.25. The number of hydrogen-bond acceptors (Lipinski definition) is 3. The Hall–Kier alpha value is -1.33. The van der Waals surface area contributed by atoms with E-state index in [1.165, 1.54) is 0 Å². The number of hydrogen-bond donors (Lipinski definition) is 2. The van der Waals surface area contributed by atoms with Crippen LogP contribution in [0.2, 0.25) is 0 Å². The first-order valence-corrected chi connectivity index (χ1v) is 4.97. The van der Waals surface area contributed by atoms with Gasteiger partial charge in [0, 0.05) is 25.3 Å². The van der Waals surface area contributed by atoms with Gasteiger partial charge in [-0.2, -0.15) is 0 Å². The fourth-order valence-corrected chi connectivity index (χ4v) is 1.66. The first-order valence-electron chi connectivity index (χ1n) is 4.97. The van der Waals surface area contributed by atoms with Crippen molar-refractivity contribution in [3.8, 4) is 0 Å². The summed E-state index contributed by atoms with van der Waals surface area (Å²) in [4.78, 5) is 15.8. The van der Waals surface area contributed by atoms with Crippen molar-refractivity contribution in [2.75, 3.05) is 26.3 Å². The van der Waals surface area contributed by atoms with Gasteiger partial charge in [0.05, 0.1) is 13.2 Å². The minimum absolute atomic E-state index is 0.248. The molecule has 0 spiro atoms. The van der Waals surface area contributed by atoms with Crippen molar-refractivity contribution in [2.45, 2.75) is 6.54 Å². The van der Waals surface area contributed by atoms with Crippen molar-refractivity contribution in [3.63, 3.8) is 0 Å². The van der Waals surface area contributed by atoms with Crippen LogP contribution >= 0.6 is 0 Å². The first kappa shape index (κ1) is 10.2. The van der Waals surface area contributed by atoms with Crippen LogP contribution in [0.5, 0.6) is 0 Å². The molecular formula is C10H14N2O3. The van der Waals surface area contributed by atoms with Crippen molar-refractivity contribution in [3.05, 3.63) is 23.5 Å². The molecule has 5 nitrogen and oxygen atoms in total. The van der Waals surface area contributed by atoms with E-state index < -0.39 is 5.97 Å². The lowest BCUT2D eigenvalue weighted by Crippen LogP contribution is -2.35. The summed E-state index contributed by atoms with van der Waals surface area (Å²) in [5.41, 5.74) is 1.19. The third-order valence-corrected chi connectivity index (χ3v) is 2.47. The number of aromatic amines is 1. The fraction of sp³-hybridized carbons (Fsp3) is 0.500. The van der Waals surface area contributed by atoms with Crippen LogP contribution in [-0.2, 0) is 11.3 Å². The van der Waals surface area contributed by atoms with E-state index in [0.717, 1.165) is 38.5 Å². The highest BCUT2D eigenvalue weighted by Crippen LogP contribution is 2.07. The number of carbonyl (C=O) groups is 1. The molecule has 82 valence electrons. The van der Waals surface area contributed by atoms with E-state index in [-0.39, 0.29) is 5.69 Å². The van der Waals surface area contributed by atoms with Gasteiger partial charge >= 0.3 is 5.97 Å². The zero-order valence-corrected chi connectivity index (χ0v) is 8.40. The standard InChI is InChI=1S/C10H14N2O3/c13-10(14)9-2-1-8(11-9)7-12-3-5-15-6-4-12/h1-2,11H,3-7H2,(H,13,14). The Kier molecular flexibility index (Phi) is 3.03. The van der Waals surface area contributed by atoms with Crippen LogP contribution in [0.15, 0.2) is 12.1 Å². The second kappa shape index (κ2) is 4.46. The summed E-state index contributed by atoms with van der Waals surface area (Å²) < 4.78 is 5.23. The summed E-state index contributed by atoms with van der Waals surface area (Å²) in [6, 6.07) is 3.41. The molecule has 1 aromatic heterocycles. The molecule has 1 saturated heterocycles. The Morgan fingerprint density at radius 2 is 2.20 bits per heavy atom. The Morgan fingerprint density at radius 3 is 2.80 bits per heavy atom. The Balaban J connectivity index is 1.94. The molecule has 0 atom stereocenters. The van der Waals surface area contributed by atoms with E-state index in [2.05, 4.69) is 9.88 Å². The minimum Gasteiger partial charge on any atom is -0.477 e. The molecule has 2 N–H and O–H groups in total. The Bertz CT molecular complexity index is 342. The van der Waals surface area contributed by atoms with Gasteiger partial charge in [0.25, 0.3) is 0 Å². The summed E-state index contributed by atoms with van der Waals surface area (Å²) in [6.45, 7) is 4.08. The lowest BCUT2D eigenvalue weighted by atomic mass is 10.3. The quantitative estimate of drug-likeness (QED) is 0.764. The van der Waals surface area contributed by atoms with Crippen LogP contribution in [0, 0.1) is 0 Å². The third kappa shape index (κ3) is 2.57. The molecule has 0 aromatic carbocycles. The van der Waals surface area contributed by atoms with E-state index in [0.29, 0.717) is 0 Å². The van der Waals surface area contributed by atoms with Crippen LogP contribution in [-0.4, -0.2) is 47.3 Å². The number of morpholine rings is 1. The summed E-state index contributed by atoms with van der Waals surface area (Å²) >= 11 is 0. The van der Waals surface area contributed by atoms with Crippen molar-refractivity contribution >= 4 is 5.97 Å². The average molecular weight is 210 g/mol. The highest BCUT2D eigenvalue weighted by molar-refractivity contribution is 5.85. The third-order valence-electron chi connectivity index (χ3n) is 2.47. The molecule has 0 radical (unpaired) electrons. The molecule has 2 heterocycles. The van der Waals surface area contributed by atoms with Gasteiger partial charge in [-0.25, -0.2) is 4.79 Å². The lowest BCUT2D eigenvalue weighted by molar-refractivity contribution is 0.0336. The van der Waals surface area contributed by atoms with E-state index in [9.17, 15) is 4.79 Å². The summed E-state index contributed by atoms with van der Waals surface area (Å²) in [5.74, 6) is -0.914. The number of carboxylic acid groups (broad SMARTS) is 1. The predicted octanol–water partition coefficient (Wildman–Crippen LogP) is 0.545. The molecule has 1 fully saturated rings. The monoisotopic (exact) mass is 210 g/mol. The van der Waals surface area contributed by atoms with Crippen LogP contribution in [0.25, 0.3) is 0 Å². The van der Waals surface area contributed by atoms with Crippen molar-refractivity contribution in [1.82, 2.24) is 9.88 Å². The molecule has 1 aromatic rings. The lowest BCUT2D eigenvalue weighted by Gasteiger charge is -2.25. The second-order valence-corrected chi connectivity index (χ2v) is 3.59. The van der Waals surface area contributed by atoms with Crippen LogP contribution in [0.1, 0.15) is 16.2 Å². The normalized spacial score (nSPS) is 17.9. The number of rotatable bonds is 3. The SMILES string of the molecule is O=C(O)c1ccc(CN2CCOCC2)[nH]1. The maximum atomic E-state index is 10.6. The van der Waals surface area contributed by atoms with Gasteiger partial charge in [-0.15, -0.1) is 0 Å². The Labute approximate surface area is 87.7 Å². The molecule has 0 unspecified atom stereocenters. The zero-order valence-electron chi connectivity index (χ0n) is 8.40. The largest absolute Gasteiger partial charge is 0.477 e. The van der Waals surface area contributed by atoms with Crippen LogP contribution in [0.3, 0.4) is 0 Å². The summed E-state index contributed by atoms with van der Waals surface area (Å²) in [7, 11) is 0. The van der Waals surface area contributed by atoms with Gasteiger partial charge in [-0.05, 0) is 12.1 Å². The van der Waals surface area contributed by atoms with Gasteiger partial charge in [0.2, 0.25) is 0 Å². The van der Waals surface area contributed by atoms with Gasteiger partial charge in [-0.3, -0.25) is 4.90 Å². The number of aromatic nitrogens is 1. The summed E-state index contributed by atoms with van der Waals surface area (Å²) in [5, 5.41) is 8.74. The second-order valence-electron chi connectivity index (χ2n) is 3.59. The molecule has 0 bridgehead atoms. The molecule has 0 aliphatic carbocycles. The molecule has 0 saturated carbocycles. The van der Waals surface area contributed by atoms with Crippen LogP contribution in [0.4, 0.5) is 0 Å². The van der Waals surface area contributed by atoms with Crippen molar-refractivity contribution in [1.29, 1.82) is 0 Å². The zero-order chi connectivity index (χ0) is 10.7. The van der Waals surface area contributed by atoms with E-state index in [1.807, 2.05) is 6.07 Å². The van der Waals surface area contributed by atoms with Gasteiger partial charge in [-0.1, -0.05) is 0 Å². The topological polar surface area (TPSA) is 65.6 Å². The minimum atomic E-state index is -0.914. The van der Waals surface area contributed by atoms with Crippen molar-refractivity contribution < 1.29 is 14.6 Å². The van der Waals surface area contributed by atoms with E-state index >= 15 is 0 Å². The van der Waals surface area contributed by atoms with Gasteiger partial charge in [0.15, 0.2) is 0 Å². The summed E-state index contributed by atoms with van der Waals surface area (Å²) in [6.07, 6.45) is 0. The predicted molar refractivity (Wildman–Crippen MR) is 53.8 cm³/mol. The smallest absolute Gasteiger partial charge is 0.352 e. The van der Waals surface area contributed by atoms with E-state index in [4.69, 9.17) is 9.84 Å². The number of nitrogens with one attached hydrogen (secondary N) is 1. The highest BCUT2D eigenvalue weighted by Gasteiger charge is 2.12. The van der Waals surface area contributed by atoms with Gasteiger partial charge in [0.1, 0.15) is 5.69 Å². The van der Waals surface area contributed by atoms with Crippen molar-refractivity contribution in [2.24, 2.45) is 0 Å². The van der Waals surface area contributed by atoms with Gasteiger partial charge < -0.3 is 14.8 Å². The number of H-pyrrole nitrogens is 1. The number of aromatic carboxylic acids is 1. The highest BCUT2D eigenvalue weighted by atomic mass is 16.5. The Morgan fingerprint density at radius 1 is 1.47 bits per heavy atom. The average Bonchev–Trinajstić information content (AvgIpc) is 2.68. The number of ether oxygens (including phenoxy) is 1. The maximum absolute atomic E-state index is 10.6. The molecule has 1 aliphatic heterocycles. The molecule has 1 aliphatic rings.